The van der Waals surface area contributed by atoms with E-state index in [1.165, 1.54) is 48.3 Å². The van der Waals surface area contributed by atoms with Gasteiger partial charge in [0.05, 0.1) is 0 Å². The smallest absolute Gasteiger partial charge is 0.00481 e. The predicted octanol–water partition coefficient (Wildman–Crippen LogP) is 3.09. The number of hydrogen-bond acceptors (Lipinski definition) is 3. The fourth-order valence-electron chi connectivity index (χ4n) is 1.93. The van der Waals surface area contributed by atoms with E-state index in [4.69, 9.17) is 11.5 Å². The van der Waals surface area contributed by atoms with E-state index >= 15 is 0 Å². The highest BCUT2D eigenvalue weighted by atomic mass is 32.1. The van der Waals surface area contributed by atoms with Crippen molar-refractivity contribution in [2.24, 2.45) is 11.5 Å². The van der Waals surface area contributed by atoms with Gasteiger partial charge < -0.3 is 11.5 Å². The first-order valence-electron chi connectivity index (χ1n) is 6.84. The summed E-state index contributed by atoms with van der Waals surface area (Å²) < 4.78 is 0. The molecule has 0 spiro atoms. The van der Waals surface area contributed by atoms with Crippen molar-refractivity contribution in [2.75, 3.05) is 13.1 Å². The van der Waals surface area contributed by atoms with Crippen LogP contribution in [0.2, 0.25) is 0 Å². The molecule has 0 aliphatic carbocycles. The van der Waals surface area contributed by atoms with Crippen molar-refractivity contribution >= 4 is 11.3 Å². The number of aryl methyl sites for hydroxylation is 2. The minimum Gasteiger partial charge on any atom is -0.330 e. The molecule has 1 aromatic rings. The van der Waals surface area contributed by atoms with Gasteiger partial charge in [-0.25, -0.2) is 0 Å². The molecule has 98 valence electrons. The van der Waals surface area contributed by atoms with Gasteiger partial charge in [0.1, 0.15) is 0 Å². The third kappa shape index (κ3) is 6.81. The fraction of sp³-hybridized carbons (Fsp3) is 0.714. The first-order chi connectivity index (χ1) is 8.36. The van der Waals surface area contributed by atoms with Crippen LogP contribution in [0.5, 0.6) is 0 Å². The Morgan fingerprint density at radius 3 is 1.59 bits per heavy atom. The first-order valence-corrected chi connectivity index (χ1v) is 7.66. The van der Waals surface area contributed by atoms with E-state index < -0.39 is 0 Å². The molecule has 0 aliphatic rings. The Labute approximate surface area is 109 Å². The molecule has 0 atom stereocenters. The number of unbranched alkanes of at least 4 members (excludes halogenated alkanes) is 4. The van der Waals surface area contributed by atoms with Crippen LogP contribution in [0.1, 0.15) is 48.3 Å². The zero-order chi connectivity index (χ0) is 12.3. The molecule has 3 heteroatoms. The maximum atomic E-state index is 5.49. The molecular formula is C14H26N2S. The van der Waals surface area contributed by atoms with Gasteiger partial charge in [-0.05, 0) is 63.7 Å². The molecule has 0 unspecified atom stereocenters. The van der Waals surface area contributed by atoms with Crippen molar-refractivity contribution < 1.29 is 0 Å². The Balaban J connectivity index is 2.14. The van der Waals surface area contributed by atoms with Crippen molar-refractivity contribution in [1.82, 2.24) is 0 Å². The first kappa shape index (κ1) is 14.7. The van der Waals surface area contributed by atoms with E-state index in [0.717, 1.165) is 25.9 Å². The minimum absolute atomic E-state index is 0.830. The Hall–Kier alpha value is -0.380. The molecule has 0 saturated heterocycles. The van der Waals surface area contributed by atoms with E-state index in [9.17, 15) is 0 Å². The molecule has 1 aromatic heterocycles. The number of nitrogens with two attached hydrogens (primary N) is 2. The number of thiophene rings is 1. The largest absolute Gasteiger partial charge is 0.330 e. The molecule has 0 aliphatic heterocycles. The van der Waals surface area contributed by atoms with Gasteiger partial charge in [-0.2, -0.15) is 0 Å². The van der Waals surface area contributed by atoms with Gasteiger partial charge in [0.25, 0.3) is 0 Å². The lowest BCUT2D eigenvalue weighted by atomic mass is 10.1. The molecule has 4 N–H and O–H groups in total. The van der Waals surface area contributed by atoms with Gasteiger partial charge in [0.2, 0.25) is 0 Å². The number of hydrogen-bond donors (Lipinski definition) is 2. The minimum atomic E-state index is 0.830. The normalized spacial score (nSPS) is 10.9. The van der Waals surface area contributed by atoms with Crippen LogP contribution < -0.4 is 11.5 Å². The van der Waals surface area contributed by atoms with Crippen molar-refractivity contribution in [3.05, 3.63) is 21.9 Å². The van der Waals surface area contributed by atoms with E-state index in [0.29, 0.717) is 0 Å². The second-order valence-electron chi connectivity index (χ2n) is 4.57. The van der Waals surface area contributed by atoms with Gasteiger partial charge in [-0.1, -0.05) is 12.8 Å². The van der Waals surface area contributed by atoms with Crippen LogP contribution in [0, 0.1) is 0 Å². The van der Waals surface area contributed by atoms with Crippen molar-refractivity contribution in [3.8, 4) is 0 Å². The van der Waals surface area contributed by atoms with Crippen molar-refractivity contribution in [3.63, 3.8) is 0 Å². The van der Waals surface area contributed by atoms with Crippen LogP contribution >= 0.6 is 11.3 Å². The van der Waals surface area contributed by atoms with Gasteiger partial charge in [-0.3, -0.25) is 0 Å². The highest BCUT2D eigenvalue weighted by molar-refractivity contribution is 7.11. The molecule has 17 heavy (non-hydrogen) atoms. The summed E-state index contributed by atoms with van der Waals surface area (Å²) in [5, 5.41) is 0. The molecule has 1 rings (SSSR count). The van der Waals surface area contributed by atoms with Gasteiger partial charge in [0, 0.05) is 9.75 Å². The number of rotatable bonds is 10. The van der Waals surface area contributed by atoms with E-state index in [1.807, 2.05) is 11.3 Å². The van der Waals surface area contributed by atoms with Crippen LogP contribution in [0.4, 0.5) is 0 Å². The summed E-state index contributed by atoms with van der Waals surface area (Å²) in [6.07, 6.45) is 9.88. The maximum absolute atomic E-state index is 5.49. The van der Waals surface area contributed by atoms with Crippen molar-refractivity contribution in [1.29, 1.82) is 0 Å². The molecule has 0 fully saturated rings. The average molecular weight is 254 g/mol. The van der Waals surface area contributed by atoms with Crippen LogP contribution in [-0.4, -0.2) is 13.1 Å². The fourth-order valence-corrected chi connectivity index (χ4v) is 3.03. The molecule has 0 saturated carbocycles. The van der Waals surface area contributed by atoms with E-state index in [1.54, 1.807) is 0 Å². The molecular weight excluding hydrogens is 228 g/mol. The lowest BCUT2D eigenvalue weighted by Crippen LogP contribution is -1.98. The van der Waals surface area contributed by atoms with Crippen LogP contribution in [-0.2, 0) is 12.8 Å². The zero-order valence-electron chi connectivity index (χ0n) is 10.8. The van der Waals surface area contributed by atoms with Crippen LogP contribution in [0.15, 0.2) is 12.1 Å². The van der Waals surface area contributed by atoms with Gasteiger partial charge >= 0.3 is 0 Å². The van der Waals surface area contributed by atoms with Crippen molar-refractivity contribution in [2.45, 2.75) is 51.4 Å². The molecule has 1 heterocycles. The summed E-state index contributed by atoms with van der Waals surface area (Å²) in [7, 11) is 0. The Kier molecular flexibility index (Phi) is 8.32. The summed E-state index contributed by atoms with van der Waals surface area (Å²) >= 11 is 1.99. The molecule has 2 nitrogen and oxygen atoms in total. The molecule has 0 amide bonds. The summed E-state index contributed by atoms with van der Waals surface area (Å²) in [6.45, 7) is 1.66. The average Bonchev–Trinajstić information content (AvgIpc) is 2.78. The Morgan fingerprint density at radius 1 is 0.706 bits per heavy atom. The Morgan fingerprint density at radius 2 is 1.18 bits per heavy atom. The standard InChI is InChI=1S/C14H26N2S/c15-11-5-1-3-7-13-9-10-14(17-13)8-4-2-6-12-16/h9-10H,1-8,11-12,15-16H2. The monoisotopic (exact) mass is 254 g/mol. The second-order valence-corrected chi connectivity index (χ2v) is 5.82. The highest BCUT2D eigenvalue weighted by Crippen LogP contribution is 2.20. The van der Waals surface area contributed by atoms with E-state index in [-0.39, 0.29) is 0 Å². The Bertz CT molecular complexity index is 257. The molecule has 0 bridgehead atoms. The predicted molar refractivity (Wildman–Crippen MR) is 77.5 cm³/mol. The highest BCUT2D eigenvalue weighted by Gasteiger charge is 2.00. The van der Waals surface area contributed by atoms with E-state index in [2.05, 4.69) is 12.1 Å². The van der Waals surface area contributed by atoms with Crippen LogP contribution in [0.25, 0.3) is 0 Å². The second kappa shape index (κ2) is 9.63. The molecule has 0 aromatic carbocycles. The SMILES string of the molecule is NCCCCCc1ccc(CCCCCN)s1. The van der Waals surface area contributed by atoms with Gasteiger partial charge in [0.15, 0.2) is 0 Å². The lowest BCUT2D eigenvalue weighted by Gasteiger charge is -1.98. The van der Waals surface area contributed by atoms with Gasteiger partial charge in [-0.15, -0.1) is 11.3 Å². The van der Waals surface area contributed by atoms with Crippen LogP contribution in [0.3, 0.4) is 0 Å². The summed E-state index contributed by atoms with van der Waals surface area (Å²) in [5.41, 5.74) is 11.0. The summed E-state index contributed by atoms with van der Waals surface area (Å²) in [5.74, 6) is 0. The lowest BCUT2D eigenvalue weighted by molar-refractivity contribution is 0.690. The quantitative estimate of drug-likeness (QED) is 0.630. The zero-order valence-corrected chi connectivity index (χ0v) is 11.6. The maximum Gasteiger partial charge on any atom is 0.00481 e. The summed E-state index contributed by atoms with van der Waals surface area (Å²) in [4.78, 5) is 3.08. The third-order valence-corrected chi connectivity index (χ3v) is 4.18. The third-order valence-electron chi connectivity index (χ3n) is 2.97. The summed E-state index contributed by atoms with van der Waals surface area (Å²) in [6, 6.07) is 4.59. The topological polar surface area (TPSA) is 52.0 Å². The molecule has 0 radical (unpaired) electrons.